The Balaban J connectivity index is 2.15. The van der Waals surface area contributed by atoms with E-state index in [-0.39, 0.29) is 5.82 Å². The topological polar surface area (TPSA) is 63.3 Å². The fourth-order valence-corrected chi connectivity index (χ4v) is 3.25. The molecule has 0 saturated carbocycles. The first-order valence-electron chi connectivity index (χ1n) is 5.14. The molecule has 0 unspecified atom stereocenters. The second kappa shape index (κ2) is 6.44. The number of aromatic nitrogens is 1. The highest BCUT2D eigenvalue weighted by Crippen LogP contribution is 2.24. The van der Waals surface area contributed by atoms with Crippen molar-refractivity contribution in [1.82, 2.24) is 4.98 Å². The average Bonchev–Trinajstić information content (AvgIpc) is 2.79. The van der Waals surface area contributed by atoms with E-state index in [2.05, 4.69) is 47.4 Å². The minimum Gasteiger partial charge on any atom is -0.383 e. The molecule has 4 nitrogen and oxygen atoms in total. The molecule has 0 bridgehead atoms. The molecule has 3 N–H and O–H groups in total. The first kappa shape index (κ1) is 14.4. The first-order chi connectivity index (χ1) is 9.11. The lowest BCUT2D eigenvalue weighted by Gasteiger charge is -2.04. The molecular formula is C11H9Br2FN4S. The normalized spacial score (nSPS) is 11.1. The van der Waals surface area contributed by atoms with Gasteiger partial charge in [0.2, 0.25) is 5.13 Å². The molecule has 2 aromatic rings. The van der Waals surface area contributed by atoms with Crippen molar-refractivity contribution >= 4 is 60.4 Å². The van der Waals surface area contributed by atoms with Crippen LogP contribution in [0, 0.1) is 5.82 Å². The number of anilines is 2. The van der Waals surface area contributed by atoms with Gasteiger partial charge in [0.25, 0.3) is 0 Å². The summed E-state index contributed by atoms with van der Waals surface area (Å²) in [6, 6.07) is 3.43. The van der Waals surface area contributed by atoms with Crippen molar-refractivity contribution in [2.45, 2.75) is 5.33 Å². The molecular weight excluding hydrogens is 399 g/mol. The zero-order chi connectivity index (χ0) is 13.8. The lowest BCUT2D eigenvalue weighted by atomic mass is 10.1. The molecule has 0 aliphatic rings. The van der Waals surface area contributed by atoms with Gasteiger partial charge in [-0.3, -0.25) is 5.43 Å². The highest BCUT2D eigenvalue weighted by Gasteiger charge is 2.09. The van der Waals surface area contributed by atoms with Crippen molar-refractivity contribution in [2.24, 2.45) is 5.10 Å². The standard InChI is InChI=1S/C11H9Br2FN4S/c12-3-7-8(13)2-1-6(10(7)14)4-16-18-11-17-9(15)5-19-11/h1-2,4-5H,3,15H2,(H,17,18). The zero-order valence-corrected chi connectivity index (χ0v) is 13.5. The van der Waals surface area contributed by atoms with Crippen molar-refractivity contribution in [3.05, 3.63) is 38.9 Å². The summed E-state index contributed by atoms with van der Waals surface area (Å²) in [7, 11) is 0. The number of hydrogen-bond acceptors (Lipinski definition) is 5. The van der Waals surface area contributed by atoms with E-state index in [0.717, 1.165) is 4.47 Å². The molecule has 0 aliphatic carbocycles. The predicted octanol–water partition coefficient (Wildman–Crippen LogP) is 3.97. The number of benzene rings is 1. The molecule has 19 heavy (non-hydrogen) atoms. The number of thiazole rings is 1. The molecule has 1 aromatic heterocycles. The van der Waals surface area contributed by atoms with Gasteiger partial charge in [-0.1, -0.05) is 31.9 Å². The molecule has 0 fully saturated rings. The molecule has 0 amide bonds. The summed E-state index contributed by atoms with van der Waals surface area (Å²) in [5.41, 5.74) is 9.13. The molecule has 0 spiro atoms. The number of alkyl halides is 1. The second-order valence-electron chi connectivity index (χ2n) is 3.51. The SMILES string of the molecule is Nc1csc(NN=Cc2ccc(Br)c(CBr)c2F)n1. The van der Waals surface area contributed by atoms with Crippen molar-refractivity contribution in [1.29, 1.82) is 0 Å². The molecule has 8 heteroatoms. The number of halogens is 3. The molecule has 1 aromatic carbocycles. The lowest BCUT2D eigenvalue weighted by molar-refractivity contribution is 0.614. The largest absolute Gasteiger partial charge is 0.383 e. The monoisotopic (exact) mass is 406 g/mol. The Labute approximate surface area is 130 Å². The maximum atomic E-state index is 14.1. The van der Waals surface area contributed by atoms with Gasteiger partial charge in [0.05, 0.1) is 6.21 Å². The Bertz CT molecular complexity index is 615. The van der Waals surface area contributed by atoms with Crippen LogP contribution in [0.15, 0.2) is 27.1 Å². The lowest BCUT2D eigenvalue weighted by Crippen LogP contribution is -1.97. The van der Waals surface area contributed by atoms with E-state index >= 15 is 0 Å². The van der Waals surface area contributed by atoms with Crippen LogP contribution < -0.4 is 11.2 Å². The second-order valence-corrected chi connectivity index (χ2v) is 5.78. The summed E-state index contributed by atoms with van der Waals surface area (Å²) in [5.74, 6) is 0.120. The third-order valence-corrected chi connectivity index (χ3v) is 4.30. The van der Waals surface area contributed by atoms with E-state index in [4.69, 9.17) is 5.73 Å². The van der Waals surface area contributed by atoms with Crippen LogP contribution in [0.2, 0.25) is 0 Å². The van der Waals surface area contributed by atoms with E-state index in [9.17, 15) is 4.39 Å². The van der Waals surface area contributed by atoms with Crippen LogP contribution in [0.5, 0.6) is 0 Å². The summed E-state index contributed by atoms with van der Waals surface area (Å²) in [6.45, 7) is 0. The smallest absolute Gasteiger partial charge is 0.205 e. The molecule has 1 heterocycles. The number of nitrogens with two attached hydrogens (primary N) is 1. The number of nitrogen functional groups attached to an aromatic ring is 1. The van der Waals surface area contributed by atoms with Gasteiger partial charge in [-0.05, 0) is 12.1 Å². The van der Waals surface area contributed by atoms with Gasteiger partial charge >= 0.3 is 0 Å². The van der Waals surface area contributed by atoms with Crippen LogP contribution in [0.4, 0.5) is 15.3 Å². The first-order valence-corrected chi connectivity index (χ1v) is 7.94. The third-order valence-electron chi connectivity index (χ3n) is 2.24. The van der Waals surface area contributed by atoms with Crippen LogP contribution in [0.1, 0.15) is 11.1 Å². The number of nitrogens with one attached hydrogen (secondary N) is 1. The molecule has 0 saturated heterocycles. The minimum atomic E-state index is -0.310. The van der Waals surface area contributed by atoms with Crippen LogP contribution in [-0.2, 0) is 5.33 Å². The minimum absolute atomic E-state index is 0.310. The van der Waals surface area contributed by atoms with Crippen LogP contribution in [-0.4, -0.2) is 11.2 Å². The highest BCUT2D eigenvalue weighted by atomic mass is 79.9. The van der Waals surface area contributed by atoms with Crippen molar-refractivity contribution in [3.63, 3.8) is 0 Å². The molecule has 0 atom stereocenters. The maximum absolute atomic E-state index is 14.1. The van der Waals surface area contributed by atoms with Gasteiger partial charge < -0.3 is 5.73 Å². The average molecular weight is 408 g/mol. The van der Waals surface area contributed by atoms with Crippen LogP contribution >= 0.6 is 43.2 Å². The van der Waals surface area contributed by atoms with E-state index < -0.39 is 0 Å². The van der Waals surface area contributed by atoms with Gasteiger partial charge in [0.15, 0.2) is 0 Å². The van der Waals surface area contributed by atoms with E-state index in [1.54, 1.807) is 17.5 Å². The van der Waals surface area contributed by atoms with Crippen molar-refractivity contribution in [2.75, 3.05) is 11.2 Å². The fraction of sp³-hybridized carbons (Fsp3) is 0.0909. The Morgan fingerprint density at radius 2 is 2.32 bits per heavy atom. The predicted molar refractivity (Wildman–Crippen MR) is 84.5 cm³/mol. The summed E-state index contributed by atoms with van der Waals surface area (Å²) >= 11 is 7.87. The molecule has 0 aliphatic heterocycles. The molecule has 2 rings (SSSR count). The Morgan fingerprint density at radius 1 is 1.53 bits per heavy atom. The summed E-state index contributed by atoms with van der Waals surface area (Å²) < 4.78 is 14.8. The number of hydrazone groups is 1. The third kappa shape index (κ3) is 3.52. The number of nitrogens with zero attached hydrogens (tertiary/aromatic N) is 2. The number of rotatable bonds is 4. The van der Waals surface area contributed by atoms with E-state index in [0.29, 0.717) is 27.4 Å². The van der Waals surface area contributed by atoms with Gasteiger partial charge in [-0.15, -0.1) is 11.3 Å². The Kier molecular flexibility index (Phi) is 4.89. The van der Waals surface area contributed by atoms with Gasteiger partial charge in [0, 0.05) is 26.3 Å². The van der Waals surface area contributed by atoms with Gasteiger partial charge in [-0.25, -0.2) is 9.37 Å². The summed E-state index contributed by atoms with van der Waals surface area (Å²) in [5, 5.41) is 6.62. The zero-order valence-electron chi connectivity index (χ0n) is 9.53. The highest BCUT2D eigenvalue weighted by molar-refractivity contribution is 9.10. The molecule has 100 valence electrons. The van der Waals surface area contributed by atoms with Crippen molar-refractivity contribution < 1.29 is 4.39 Å². The Hall–Kier alpha value is -0.990. The van der Waals surface area contributed by atoms with Gasteiger partial charge in [-0.2, -0.15) is 5.10 Å². The van der Waals surface area contributed by atoms with E-state index in [1.165, 1.54) is 17.6 Å². The Morgan fingerprint density at radius 3 is 2.95 bits per heavy atom. The van der Waals surface area contributed by atoms with Crippen molar-refractivity contribution in [3.8, 4) is 0 Å². The van der Waals surface area contributed by atoms with E-state index in [1.807, 2.05) is 0 Å². The van der Waals surface area contributed by atoms with Crippen LogP contribution in [0.3, 0.4) is 0 Å². The van der Waals surface area contributed by atoms with Gasteiger partial charge in [0.1, 0.15) is 11.6 Å². The number of hydrogen-bond donors (Lipinski definition) is 2. The van der Waals surface area contributed by atoms with Crippen LogP contribution in [0.25, 0.3) is 0 Å². The quantitative estimate of drug-likeness (QED) is 0.458. The maximum Gasteiger partial charge on any atom is 0.205 e. The summed E-state index contributed by atoms with van der Waals surface area (Å²) in [6.07, 6.45) is 1.41. The molecule has 0 radical (unpaired) electrons. The fourth-order valence-electron chi connectivity index (χ4n) is 1.33. The summed E-state index contributed by atoms with van der Waals surface area (Å²) in [4.78, 5) is 3.97.